The molecule has 1 heterocycles. The quantitative estimate of drug-likeness (QED) is 0.361. The van der Waals surface area contributed by atoms with E-state index in [1.807, 2.05) is 18.2 Å². The van der Waals surface area contributed by atoms with Gasteiger partial charge in [0.1, 0.15) is 11.0 Å². The molecule has 0 saturated heterocycles. The van der Waals surface area contributed by atoms with E-state index in [2.05, 4.69) is 13.8 Å². The van der Waals surface area contributed by atoms with Gasteiger partial charge in [0.15, 0.2) is 11.5 Å². The summed E-state index contributed by atoms with van der Waals surface area (Å²) in [5.41, 5.74) is 1.17. The van der Waals surface area contributed by atoms with Crippen molar-refractivity contribution in [2.24, 2.45) is 0 Å². The van der Waals surface area contributed by atoms with Gasteiger partial charge in [-0.15, -0.1) is 0 Å². The molecule has 128 valence electrons. The molecule has 0 fully saturated rings. The van der Waals surface area contributed by atoms with Crippen molar-refractivity contribution in [1.82, 2.24) is 0 Å². The molecule has 0 bridgehead atoms. The van der Waals surface area contributed by atoms with Crippen molar-refractivity contribution in [2.45, 2.75) is 64.0 Å². The molecule has 0 aliphatic carbocycles. The monoisotopic (exact) mass is 366 g/mol. The van der Waals surface area contributed by atoms with E-state index in [1.54, 1.807) is 0 Å². The van der Waals surface area contributed by atoms with E-state index in [9.17, 15) is 4.55 Å². The number of fused-ring (bicyclic) bond motifs is 1. The maximum atomic E-state index is 12.3. The van der Waals surface area contributed by atoms with Gasteiger partial charge in [0.05, 0.1) is 0 Å². The van der Waals surface area contributed by atoms with Crippen molar-refractivity contribution in [3.05, 3.63) is 23.8 Å². The maximum absolute atomic E-state index is 12.3. The molecule has 1 aromatic rings. The first kappa shape index (κ1) is 21.4. The predicted octanol–water partition coefficient (Wildman–Crippen LogP) is 3.54. The van der Waals surface area contributed by atoms with Crippen LogP contribution in [0.15, 0.2) is 18.2 Å². The van der Waals surface area contributed by atoms with Gasteiger partial charge in [0.25, 0.3) is 0 Å². The van der Waals surface area contributed by atoms with Gasteiger partial charge in [0, 0.05) is 6.42 Å². The van der Waals surface area contributed by atoms with E-state index < -0.39 is 11.2 Å². The van der Waals surface area contributed by atoms with Gasteiger partial charge >= 0.3 is 37.7 Å². The first-order valence-corrected chi connectivity index (χ1v) is 9.84. The van der Waals surface area contributed by atoms with Crippen LogP contribution in [0, 0.1) is 0 Å². The number of ether oxygens (including phenoxy) is 2. The van der Waals surface area contributed by atoms with Crippen LogP contribution in [0.1, 0.15) is 57.9 Å². The zero-order valence-corrected chi connectivity index (χ0v) is 14.6. The SMILES string of the molecule is CCCCCCCC[S+]([O-])C(C)Cc1ccc2c(c1)OCO2.[CaH2]. The van der Waals surface area contributed by atoms with E-state index in [0.29, 0.717) is 6.79 Å². The summed E-state index contributed by atoms with van der Waals surface area (Å²) in [5, 5.41) is 0.191. The zero-order valence-electron chi connectivity index (χ0n) is 13.8. The summed E-state index contributed by atoms with van der Waals surface area (Å²) in [6.45, 7) is 4.61. The third kappa shape index (κ3) is 7.43. The molecular formula is C18H30CaO3S. The Morgan fingerprint density at radius 2 is 1.78 bits per heavy atom. The minimum atomic E-state index is -0.743. The fourth-order valence-electron chi connectivity index (χ4n) is 2.72. The van der Waals surface area contributed by atoms with Crippen LogP contribution in [0.4, 0.5) is 0 Å². The summed E-state index contributed by atoms with van der Waals surface area (Å²) < 4.78 is 23.0. The Hall–Kier alpha value is 0.390. The number of unbranched alkanes of at least 4 members (excludes halogenated alkanes) is 5. The summed E-state index contributed by atoms with van der Waals surface area (Å²) in [5.74, 6) is 2.45. The minimum absolute atomic E-state index is 0. The Morgan fingerprint density at radius 1 is 1.09 bits per heavy atom. The number of hydrogen-bond donors (Lipinski definition) is 0. The van der Waals surface area contributed by atoms with Crippen molar-refractivity contribution in [3.8, 4) is 11.5 Å². The van der Waals surface area contributed by atoms with E-state index in [4.69, 9.17) is 9.47 Å². The molecule has 2 rings (SSSR count). The van der Waals surface area contributed by atoms with Crippen LogP contribution in [-0.2, 0) is 17.6 Å². The van der Waals surface area contributed by atoms with Gasteiger partial charge in [0.2, 0.25) is 6.79 Å². The third-order valence-electron chi connectivity index (χ3n) is 4.11. The van der Waals surface area contributed by atoms with Gasteiger partial charge < -0.3 is 14.0 Å². The van der Waals surface area contributed by atoms with E-state index in [0.717, 1.165) is 30.1 Å². The van der Waals surface area contributed by atoms with Crippen LogP contribution in [0.25, 0.3) is 0 Å². The second kappa shape index (κ2) is 11.9. The summed E-state index contributed by atoms with van der Waals surface area (Å²) in [4.78, 5) is 0. The van der Waals surface area contributed by atoms with Gasteiger partial charge in [-0.05, 0) is 37.5 Å². The average molecular weight is 367 g/mol. The number of benzene rings is 1. The molecule has 0 amide bonds. The molecule has 0 N–H and O–H groups in total. The Morgan fingerprint density at radius 3 is 2.57 bits per heavy atom. The van der Waals surface area contributed by atoms with Gasteiger partial charge in [-0.3, -0.25) is 0 Å². The molecule has 0 spiro atoms. The van der Waals surface area contributed by atoms with Crippen LogP contribution in [0.5, 0.6) is 11.5 Å². The second-order valence-electron chi connectivity index (χ2n) is 6.05. The Balaban J connectivity index is 0.00000264. The summed E-state index contributed by atoms with van der Waals surface area (Å²) in [7, 11) is 0. The third-order valence-corrected chi connectivity index (χ3v) is 5.86. The Kier molecular flexibility index (Phi) is 11.1. The molecule has 2 atom stereocenters. The van der Waals surface area contributed by atoms with Crippen LogP contribution in [0.3, 0.4) is 0 Å². The fourth-order valence-corrected chi connectivity index (χ4v) is 3.99. The summed E-state index contributed by atoms with van der Waals surface area (Å²) in [6, 6.07) is 6.01. The average Bonchev–Trinajstić information content (AvgIpc) is 2.98. The number of hydrogen-bond acceptors (Lipinski definition) is 3. The number of rotatable bonds is 10. The van der Waals surface area contributed by atoms with Crippen molar-refractivity contribution < 1.29 is 14.0 Å². The fraction of sp³-hybridized carbons (Fsp3) is 0.667. The van der Waals surface area contributed by atoms with E-state index in [1.165, 1.54) is 37.7 Å². The first-order valence-electron chi connectivity index (χ1n) is 8.46. The second-order valence-corrected chi connectivity index (χ2v) is 8.03. The molecule has 3 nitrogen and oxygen atoms in total. The van der Waals surface area contributed by atoms with Gasteiger partial charge in [-0.2, -0.15) is 0 Å². The molecule has 0 aromatic heterocycles. The Bertz CT molecular complexity index is 456. The molecule has 23 heavy (non-hydrogen) atoms. The normalized spacial score (nSPS) is 15.1. The van der Waals surface area contributed by atoms with Crippen LogP contribution >= 0.6 is 0 Å². The topological polar surface area (TPSA) is 41.5 Å². The molecule has 2 unspecified atom stereocenters. The standard InChI is InChI=1S/C18H28O3S.Ca.2H/c1-3-4-5-6-7-8-11-22(19)15(2)12-16-9-10-17-18(13-16)21-14-20-17;;;/h9-10,13,15H,3-8,11-12,14H2,1-2H3;;;. The zero-order chi connectivity index (χ0) is 15.8. The molecular weight excluding hydrogens is 336 g/mol. The molecule has 5 heteroatoms. The summed E-state index contributed by atoms with van der Waals surface area (Å²) >= 11 is -0.743. The summed E-state index contributed by atoms with van der Waals surface area (Å²) in [6.07, 6.45) is 8.32. The van der Waals surface area contributed by atoms with E-state index >= 15 is 0 Å². The van der Waals surface area contributed by atoms with Crippen LogP contribution < -0.4 is 9.47 Å². The first-order chi connectivity index (χ1) is 10.7. The molecule has 0 saturated carbocycles. The van der Waals surface area contributed by atoms with Crippen molar-refractivity contribution in [2.75, 3.05) is 12.5 Å². The predicted molar refractivity (Wildman–Crippen MR) is 101 cm³/mol. The molecule has 1 aliphatic heterocycles. The van der Waals surface area contributed by atoms with Gasteiger partial charge in [-0.25, -0.2) is 0 Å². The van der Waals surface area contributed by atoms with Crippen molar-refractivity contribution >= 4 is 48.9 Å². The van der Waals surface area contributed by atoms with Crippen molar-refractivity contribution in [1.29, 1.82) is 0 Å². The van der Waals surface area contributed by atoms with Crippen LogP contribution in [-0.4, -0.2) is 60.1 Å². The molecule has 0 radical (unpaired) electrons. The molecule has 1 aliphatic rings. The van der Waals surface area contributed by atoms with Gasteiger partial charge in [-0.1, -0.05) is 49.8 Å². The molecule has 1 aromatic carbocycles. The van der Waals surface area contributed by atoms with Crippen molar-refractivity contribution in [3.63, 3.8) is 0 Å². The van der Waals surface area contributed by atoms with E-state index in [-0.39, 0.29) is 43.0 Å². The Labute approximate surface area is 173 Å². The van der Waals surface area contributed by atoms with Crippen LogP contribution in [0.2, 0.25) is 0 Å².